The van der Waals surface area contributed by atoms with Gasteiger partial charge in [0.25, 0.3) is 0 Å². The summed E-state index contributed by atoms with van der Waals surface area (Å²) in [4.78, 5) is 18.8. The summed E-state index contributed by atoms with van der Waals surface area (Å²) in [6.45, 7) is 6.65. The van der Waals surface area contributed by atoms with Crippen molar-refractivity contribution in [2.24, 2.45) is 5.41 Å². The molecule has 0 bridgehead atoms. The molecule has 0 atom stereocenters. The van der Waals surface area contributed by atoms with E-state index in [4.69, 9.17) is 9.26 Å². The second-order valence-corrected chi connectivity index (χ2v) is 8.49. The molecule has 30 heavy (non-hydrogen) atoms. The number of methoxy groups -OCH3 is 1. The van der Waals surface area contributed by atoms with Gasteiger partial charge in [-0.1, -0.05) is 25.9 Å². The Bertz CT molecular complexity index is 919. The molecule has 3 rings (SSSR count). The van der Waals surface area contributed by atoms with Gasteiger partial charge in [0.2, 0.25) is 5.91 Å². The summed E-state index contributed by atoms with van der Waals surface area (Å²) in [5.74, 6) is 0.668. The Kier molecular flexibility index (Phi) is 5.96. The van der Waals surface area contributed by atoms with Crippen LogP contribution in [0.5, 0.6) is 5.75 Å². The predicted octanol–water partition coefficient (Wildman–Crippen LogP) is 4.42. The van der Waals surface area contributed by atoms with E-state index in [1.165, 1.54) is 7.11 Å². The van der Waals surface area contributed by atoms with Gasteiger partial charge in [-0.25, -0.2) is 4.98 Å². The van der Waals surface area contributed by atoms with Crippen LogP contribution in [0.25, 0.3) is 0 Å². The zero-order valence-electron chi connectivity index (χ0n) is 17.4. The van der Waals surface area contributed by atoms with Gasteiger partial charge in [-0.05, 0) is 18.3 Å². The van der Waals surface area contributed by atoms with Gasteiger partial charge in [-0.3, -0.25) is 4.79 Å². The molecule has 7 nitrogen and oxygen atoms in total. The average Bonchev–Trinajstić information content (AvgIpc) is 3.08. The molecule has 1 aliphatic rings. The Morgan fingerprint density at radius 3 is 2.63 bits per heavy atom. The van der Waals surface area contributed by atoms with Crippen LogP contribution < -0.4 is 15.0 Å². The van der Waals surface area contributed by atoms with Crippen LogP contribution in [0.15, 0.2) is 16.7 Å². The van der Waals surface area contributed by atoms with Gasteiger partial charge in [0.05, 0.1) is 25.0 Å². The van der Waals surface area contributed by atoms with Crippen LogP contribution >= 0.6 is 0 Å². The van der Waals surface area contributed by atoms with Crippen LogP contribution in [0.1, 0.15) is 50.8 Å². The van der Waals surface area contributed by atoms with Gasteiger partial charge in [0, 0.05) is 25.1 Å². The maximum absolute atomic E-state index is 12.8. The van der Waals surface area contributed by atoms with Crippen LogP contribution in [0, 0.1) is 5.41 Å². The van der Waals surface area contributed by atoms with Crippen molar-refractivity contribution in [3.8, 4) is 5.75 Å². The number of carbonyl (C=O) groups excluding carboxylic acids is 1. The highest BCUT2D eigenvalue weighted by Gasteiger charge is 2.35. The van der Waals surface area contributed by atoms with Crippen LogP contribution in [-0.4, -0.2) is 29.7 Å². The molecule has 0 saturated heterocycles. The summed E-state index contributed by atoms with van der Waals surface area (Å²) < 4.78 is 48.6. The summed E-state index contributed by atoms with van der Waals surface area (Å²) in [7, 11) is 1.47. The first-order valence-electron chi connectivity index (χ1n) is 9.62. The summed E-state index contributed by atoms with van der Waals surface area (Å²) >= 11 is 0. The topological polar surface area (TPSA) is 80.5 Å². The van der Waals surface area contributed by atoms with Crippen LogP contribution in [-0.2, 0) is 23.9 Å². The van der Waals surface area contributed by atoms with E-state index in [1.54, 1.807) is 6.07 Å². The van der Waals surface area contributed by atoms with E-state index in [0.29, 0.717) is 31.0 Å². The molecule has 0 spiro atoms. The van der Waals surface area contributed by atoms with Crippen molar-refractivity contribution in [2.45, 2.75) is 52.8 Å². The first-order valence-corrected chi connectivity index (χ1v) is 9.62. The van der Waals surface area contributed by atoms with Gasteiger partial charge >= 0.3 is 6.18 Å². The Balaban J connectivity index is 1.83. The minimum Gasteiger partial charge on any atom is -0.493 e. The Labute approximate surface area is 172 Å². The van der Waals surface area contributed by atoms with E-state index >= 15 is 0 Å². The van der Waals surface area contributed by atoms with Crippen molar-refractivity contribution in [1.29, 1.82) is 0 Å². The SMILES string of the molecule is COc1cc2c(nc1NC(=O)CC(C)(C)C)CCCN2Cc1cc(C(F)(F)F)no1. The molecule has 0 aromatic carbocycles. The molecule has 1 N–H and O–H groups in total. The molecule has 1 aliphatic heterocycles. The van der Waals surface area contributed by atoms with Crippen molar-refractivity contribution in [2.75, 3.05) is 23.9 Å². The maximum Gasteiger partial charge on any atom is 0.436 e. The number of aryl methyl sites for hydroxylation is 1. The standard InChI is InChI=1S/C20H25F3N4O3/c1-19(2,3)10-17(28)25-18-15(29-4)9-14-13(24-18)6-5-7-27(14)11-12-8-16(26-30-12)20(21,22)23/h8-9H,5-7,10-11H2,1-4H3,(H,24,25,28). The van der Waals surface area contributed by atoms with E-state index in [-0.39, 0.29) is 23.6 Å². The molecule has 0 unspecified atom stereocenters. The van der Waals surface area contributed by atoms with E-state index < -0.39 is 11.9 Å². The molecule has 164 valence electrons. The molecule has 0 radical (unpaired) electrons. The second-order valence-electron chi connectivity index (χ2n) is 8.49. The van der Waals surface area contributed by atoms with E-state index in [0.717, 1.165) is 23.9 Å². The minimum absolute atomic E-state index is 0.108. The Morgan fingerprint density at radius 2 is 2.03 bits per heavy atom. The maximum atomic E-state index is 12.8. The number of hydrogen-bond donors (Lipinski definition) is 1. The summed E-state index contributed by atoms with van der Waals surface area (Å²) in [6, 6.07) is 2.65. The van der Waals surface area contributed by atoms with Crippen molar-refractivity contribution in [1.82, 2.24) is 10.1 Å². The highest BCUT2D eigenvalue weighted by molar-refractivity contribution is 5.92. The number of carbonyl (C=O) groups is 1. The number of ether oxygens (including phenoxy) is 1. The minimum atomic E-state index is -4.55. The van der Waals surface area contributed by atoms with Crippen LogP contribution in [0.2, 0.25) is 0 Å². The van der Waals surface area contributed by atoms with Crippen molar-refractivity contribution in [3.05, 3.63) is 29.3 Å². The third-order valence-corrected chi connectivity index (χ3v) is 4.59. The monoisotopic (exact) mass is 426 g/mol. The van der Waals surface area contributed by atoms with Gasteiger partial charge in [-0.2, -0.15) is 13.2 Å². The smallest absolute Gasteiger partial charge is 0.436 e. The highest BCUT2D eigenvalue weighted by atomic mass is 19.4. The fraction of sp³-hybridized carbons (Fsp3) is 0.550. The predicted molar refractivity (Wildman–Crippen MR) is 104 cm³/mol. The molecule has 0 fully saturated rings. The third-order valence-electron chi connectivity index (χ3n) is 4.59. The molecule has 2 aromatic heterocycles. The number of anilines is 2. The van der Waals surface area contributed by atoms with Crippen LogP contribution in [0.4, 0.5) is 24.7 Å². The number of pyridine rings is 1. The number of rotatable bonds is 5. The Morgan fingerprint density at radius 1 is 1.30 bits per heavy atom. The first-order chi connectivity index (χ1) is 14.0. The molecule has 2 aromatic rings. The molecule has 3 heterocycles. The normalized spacial score (nSPS) is 14.4. The molecular formula is C20H25F3N4O3. The lowest BCUT2D eigenvalue weighted by atomic mass is 9.92. The quantitative estimate of drug-likeness (QED) is 0.762. The van der Waals surface area contributed by atoms with Gasteiger partial charge in [-0.15, -0.1) is 0 Å². The van der Waals surface area contributed by atoms with Gasteiger partial charge in [0.1, 0.15) is 0 Å². The molecule has 10 heteroatoms. The number of fused-ring (bicyclic) bond motifs is 1. The zero-order chi connectivity index (χ0) is 22.1. The lowest BCUT2D eigenvalue weighted by Gasteiger charge is -2.30. The molecular weight excluding hydrogens is 401 g/mol. The number of amides is 1. The molecule has 0 saturated carbocycles. The van der Waals surface area contributed by atoms with Crippen molar-refractivity contribution < 1.29 is 27.2 Å². The fourth-order valence-electron chi connectivity index (χ4n) is 3.32. The van der Waals surface area contributed by atoms with Gasteiger partial charge in [0.15, 0.2) is 23.0 Å². The number of hydrogen-bond acceptors (Lipinski definition) is 6. The lowest BCUT2D eigenvalue weighted by Crippen LogP contribution is -2.30. The van der Waals surface area contributed by atoms with Crippen molar-refractivity contribution in [3.63, 3.8) is 0 Å². The highest BCUT2D eigenvalue weighted by Crippen LogP contribution is 2.36. The Hall–Kier alpha value is -2.78. The zero-order valence-corrected chi connectivity index (χ0v) is 17.4. The van der Waals surface area contributed by atoms with Crippen LogP contribution in [0.3, 0.4) is 0 Å². The van der Waals surface area contributed by atoms with E-state index in [2.05, 4.69) is 15.5 Å². The van der Waals surface area contributed by atoms with Crippen molar-refractivity contribution >= 4 is 17.4 Å². The fourth-order valence-corrected chi connectivity index (χ4v) is 3.32. The number of aromatic nitrogens is 2. The van der Waals surface area contributed by atoms with E-state index in [1.807, 2.05) is 25.7 Å². The third kappa shape index (κ3) is 5.22. The van der Waals surface area contributed by atoms with Gasteiger partial charge < -0.3 is 19.5 Å². The largest absolute Gasteiger partial charge is 0.493 e. The number of alkyl halides is 3. The summed E-state index contributed by atoms with van der Waals surface area (Å²) in [5, 5.41) is 5.91. The van der Waals surface area contributed by atoms with E-state index in [9.17, 15) is 18.0 Å². The first kappa shape index (κ1) is 21.9. The number of nitrogens with one attached hydrogen (secondary N) is 1. The average molecular weight is 426 g/mol. The molecule has 1 amide bonds. The summed E-state index contributed by atoms with van der Waals surface area (Å²) in [5.41, 5.74) is 0.247. The number of halogens is 3. The molecule has 0 aliphatic carbocycles. The lowest BCUT2D eigenvalue weighted by molar-refractivity contribution is -0.142. The number of nitrogens with zero attached hydrogens (tertiary/aromatic N) is 3. The second kappa shape index (κ2) is 8.16. The summed E-state index contributed by atoms with van der Waals surface area (Å²) in [6.07, 6.45) is -2.77.